The number of hydrogen-bond donors (Lipinski definition) is 3. The molecule has 0 fully saturated rings. The van der Waals surface area contributed by atoms with Gasteiger partial charge in [-0.05, 0) is 56.5 Å². The van der Waals surface area contributed by atoms with E-state index in [2.05, 4.69) is 5.32 Å². The number of halogens is 1. The molecule has 0 aliphatic carbocycles. The Labute approximate surface area is 197 Å². The SMILES string of the molecule is CCOC(=O)C(Nc1ccc(C(=N)N)cc1)c1ccc(OCC)c(SC)c1OC=C=O.Cl. The maximum atomic E-state index is 12.8. The van der Waals surface area contributed by atoms with Crippen molar-refractivity contribution in [1.82, 2.24) is 0 Å². The number of thioether (sulfide) groups is 1. The first kappa shape index (κ1) is 26.9. The number of rotatable bonds is 11. The van der Waals surface area contributed by atoms with Crippen molar-refractivity contribution in [3.63, 3.8) is 0 Å². The van der Waals surface area contributed by atoms with E-state index in [-0.39, 0.29) is 24.8 Å². The molecule has 0 amide bonds. The monoisotopic (exact) mass is 479 g/mol. The molecular weight excluding hydrogens is 454 g/mol. The molecule has 2 aromatic rings. The summed E-state index contributed by atoms with van der Waals surface area (Å²) >= 11 is 1.36. The maximum absolute atomic E-state index is 12.8. The van der Waals surface area contributed by atoms with Crippen LogP contribution in [0.4, 0.5) is 5.69 Å². The molecule has 2 aromatic carbocycles. The van der Waals surface area contributed by atoms with Crippen LogP contribution in [0.5, 0.6) is 11.5 Å². The van der Waals surface area contributed by atoms with E-state index in [4.69, 9.17) is 25.4 Å². The van der Waals surface area contributed by atoms with Crippen LogP contribution in [0.1, 0.15) is 31.0 Å². The summed E-state index contributed by atoms with van der Waals surface area (Å²) in [6.07, 6.45) is 2.73. The van der Waals surface area contributed by atoms with E-state index in [1.165, 1.54) is 11.8 Å². The molecule has 172 valence electrons. The average Bonchev–Trinajstić information content (AvgIpc) is 2.76. The zero-order valence-electron chi connectivity index (χ0n) is 18.0. The lowest BCUT2D eigenvalue weighted by Crippen LogP contribution is -2.24. The number of hydrogen-bond acceptors (Lipinski definition) is 8. The number of carbonyl (C=O) groups is 1. The Bertz CT molecular complexity index is 978. The predicted molar refractivity (Wildman–Crippen MR) is 128 cm³/mol. The van der Waals surface area contributed by atoms with Gasteiger partial charge >= 0.3 is 5.97 Å². The summed E-state index contributed by atoms with van der Waals surface area (Å²) in [5, 5.41) is 10.7. The van der Waals surface area contributed by atoms with Crippen LogP contribution in [0.25, 0.3) is 0 Å². The molecule has 0 saturated carbocycles. The van der Waals surface area contributed by atoms with Crippen molar-refractivity contribution in [2.45, 2.75) is 24.8 Å². The molecule has 8 nitrogen and oxygen atoms in total. The van der Waals surface area contributed by atoms with Crippen molar-refractivity contribution in [2.24, 2.45) is 5.73 Å². The third-order valence-electron chi connectivity index (χ3n) is 4.18. The van der Waals surface area contributed by atoms with Crippen LogP contribution in [0.15, 0.2) is 47.6 Å². The van der Waals surface area contributed by atoms with Gasteiger partial charge in [0.05, 0.1) is 18.1 Å². The number of anilines is 1. The highest BCUT2D eigenvalue weighted by Crippen LogP contribution is 2.42. The van der Waals surface area contributed by atoms with Gasteiger partial charge in [0.2, 0.25) is 0 Å². The fourth-order valence-corrected chi connectivity index (χ4v) is 3.54. The molecule has 10 heteroatoms. The molecule has 0 aliphatic heterocycles. The van der Waals surface area contributed by atoms with Crippen molar-refractivity contribution in [3.05, 3.63) is 53.8 Å². The molecule has 1 unspecified atom stereocenters. The van der Waals surface area contributed by atoms with Crippen LogP contribution < -0.4 is 20.5 Å². The fourth-order valence-electron chi connectivity index (χ4n) is 2.86. The van der Waals surface area contributed by atoms with Crippen LogP contribution in [0, 0.1) is 5.41 Å². The highest BCUT2D eigenvalue weighted by molar-refractivity contribution is 7.98. The third-order valence-corrected chi connectivity index (χ3v) is 4.97. The number of carbonyl (C=O) groups excluding carboxylic acids is 2. The number of amidine groups is 1. The summed E-state index contributed by atoms with van der Waals surface area (Å²) < 4.78 is 16.5. The van der Waals surface area contributed by atoms with Gasteiger partial charge in [0, 0.05) is 16.8 Å². The molecule has 0 radical (unpaired) electrons. The lowest BCUT2D eigenvalue weighted by molar-refractivity contribution is -0.144. The number of nitrogens with one attached hydrogen (secondary N) is 2. The van der Waals surface area contributed by atoms with Crippen molar-refractivity contribution < 1.29 is 23.8 Å². The summed E-state index contributed by atoms with van der Waals surface area (Å²) in [5.74, 6) is 1.89. The first-order valence-electron chi connectivity index (χ1n) is 9.54. The van der Waals surface area contributed by atoms with Crippen LogP contribution in [-0.2, 0) is 14.3 Å². The van der Waals surface area contributed by atoms with E-state index < -0.39 is 12.0 Å². The Kier molecular flexibility index (Phi) is 11.2. The highest BCUT2D eigenvalue weighted by atomic mass is 35.5. The average molecular weight is 480 g/mol. The van der Waals surface area contributed by atoms with E-state index in [1.807, 2.05) is 13.2 Å². The smallest absolute Gasteiger partial charge is 0.333 e. The molecular formula is C22H26ClN3O5S. The predicted octanol–water partition coefficient (Wildman–Crippen LogP) is 3.95. The van der Waals surface area contributed by atoms with Crippen LogP contribution in [0.3, 0.4) is 0 Å². The standard InChI is InChI=1S/C22H25N3O5S.ClH/c1-4-28-17-11-10-16(19(20(17)31-3)30-13-12-26)18(22(27)29-5-2)25-15-8-6-14(7-9-15)21(23)24;/h6-11,13,18,25H,4-5H2,1-3H3,(H3,23,24);1H. The Hall–Kier alpha value is -3.13. The number of esters is 1. The van der Waals surface area contributed by atoms with Crippen molar-refractivity contribution in [1.29, 1.82) is 5.41 Å². The first-order chi connectivity index (χ1) is 15.0. The summed E-state index contributed by atoms with van der Waals surface area (Å²) in [6, 6.07) is 9.26. The minimum atomic E-state index is -0.931. The summed E-state index contributed by atoms with van der Waals surface area (Å²) in [6.45, 7) is 4.21. The van der Waals surface area contributed by atoms with E-state index >= 15 is 0 Å². The van der Waals surface area contributed by atoms with Gasteiger partial charge in [-0.3, -0.25) is 5.41 Å². The second-order valence-electron chi connectivity index (χ2n) is 6.12. The van der Waals surface area contributed by atoms with Gasteiger partial charge in [0.25, 0.3) is 0 Å². The fraction of sp³-hybridized carbons (Fsp3) is 0.273. The zero-order chi connectivity index (χ0) is 22.8. The molecule has 0 bridgehead atoms. The molecule has 32 heavy (non-hydrogen) atoms. The largest absolute Gasteiger partial charge is 0.493 e. The van der Waals surface area contributed by atoms with Gasteiger partial charge in [-0.2, -0.15) is 0 Å². The van der Waals surface area contributed by atoms with Gasteiger partial charge < -0.3 is 25.3 Å². The second-order valence-corrected chi connectivity index (χ2v) is 6.94. The number of benzene rings is 2. The molecule has 0 saturated heterocycles. The normalized spacial score (nSPS) is 10.7. The molecule has 2 rings (SSSR count). The van der Waals surface area contributed by atoms with Gasteiger partial charge in [-0.25, -0.2) is 9.59 Å². The lowest BCUT2D eigenvalue weighted by atomic mass is 10.0. The Morgan fingerprint density at radius 1 is 1.22 bits per heavy atom. The van der Waals surface area contributed by atoms with Gasteiger partial charge in [-0.1, -0.05) is 0 Å². The van der Waals surface area contributed by atoms with Crippen LogP contribution in [-0.4, -0.2) is 37.2 Å². The third kappa shape index (κ3) is 6.68. The van der Waals surface area contributed by atoms with Gasteiger partial charge in [-0.15, -0.1) is 24.2 Å². The van der Waals surface area contributed by atoms with Crippen LogP contribution in [0.2, 0.25) is 0 Å². The first-order valence-corrected chi connectivity index (χ1v) is 10.8. The van der Waals surface area contributed by atoms with Gasteiger partial charge in [0.15, 0.2) is 24.0 Å². The lowest BCUT2D eigenvalue weighted by Gasteiger charge is -2.23. The minimum Gasteiger partial charge on any atom is -0.493 e. The zero-order valence-corrected chi connectivity index (χ0v) is 19.6. The quantitative estimate of drug-likeness (QED) is 0.110. The Balaban J connectivity index is 0.00000512. The Morgan fingerprint density at radius 3 is 2.44 bits per heavy atom. The Morgan fingerprint density at radius 2 is 1.91 bits per heavy atom. The van der Waals surface area contributed by atoms with Crippen LogP contribution >= 0.6 is 24.2 Å². The number of nitrogen functional groups attached to an aromatic ring is 1. The molecule has 4 N–H and O–H groups in total. The van der Waals surface area contributed by atoms with E-state index in [1.54, 1.807) is 49.3 Å². The van der Waals surface area contributed by atoms with Crippen molar-refractivity contribution in [3.8, 4) is 11.5 Å². The molecule has 0 spiro atoms. The van der Waals surface area contributed by atoms with E-state index in [0.29, 0.717) is 39.8 Å². The van der Waals surface area contributed by atoms with Crippen molar-refractivity contribution >= 4 is 47.6 Å². The highest BCUT2D eigenvalue weighted by Gasteiger charge is 2.28. The molecule has 1 atom stereocenters. The van der Waals surface area contributed by atoms with Crippen molar-refractivity contribution in [2.75, 3.05) is 24.8 Å². The minimum absolute atomic E-state index is 0. The van der Waals surface area contributed by atoms with Gasteiger partial charge in [0.1, 0.15) is 11.6 Å². The summed E-state index contributed by atoms with van der Waals surface area (Å²) in [7, 11) is 0. The van der Waals surface area contributed by atoms with E-state index in [9.17, 15) is 9.59 Å². The maximum Gasteiger partial charge on any atom is 0.333 e. The molecule has 0 heterocycles. The topological polar surface area (TPSA) is 124 Å². The van der Waals surface area contributed by atoms with E-state index in [0.717, 1.165) is 6.26 Å². The second kappa shape index (κ2) is 13.3. The number of ether oxygens (including phenoxy) is 3. The summed E-state index contributed by atoms with van der Waals surface area (Å²) in [5.41, 5.74) is 7.14. The number of nitrogens with two attached hydrogens (primary N) is 1. The molecule has 0 aromatic heterocycles. The molecule has 0 aliphatic rings. The summed E-state index contributed by atoms with van der Waals surface area (Å²) in [4.78, 5) is 24.3.